The number of unbranched alkanes of at least 4 members (excludes halogenated alkanes) is 2. The highest BCUT2D eigenvalue weighted by atomic mass is 16.6. The third-order valence-electron chi connectivity index (χ3n) is 5.70. The first kappa shape index (κ1) is 32.6. The van der Waals surface area contributed by atoms with Crippen LogP contribution in [0.3, 0.4) is 0 Å². The molecule has 0 unspecified atom stereocenters. The molecule has 12 N–H and O–H groups in total. The van der Waals surface area contributed by atoms with Gasteiger partial charge in [0.25, 0.3) is 10.9 Å². The SMILES string of the molecule is NCCCC[C@H](COC(N)=O)NC(=O)CN(CCCCN)C(=O)OC[C@@H](N)CCCNc1c(N)c(=O)c1=O. The Morgan fingerprint density at radius 1 is 0.895 bits per heavy atom. The van der Waals surface area contributed by atoms with Crippen molar-refractivity contribution in [3.63, 3.8) is 0 Å². The lowest BCUT2D eigenvalue weighted by molar-refractivity contribution is -0.123. The molecule has 216 valence electrons. The van der Waals surface area contributed by atoms with Gasteiger partial charge in [0.05, 0.1) is 6.04 Å². The number of rotatable bonds is 20. The first-order valence-electron chi connectivity index (χ1n) is 12.7. The molecule has 0 aromatic heterocycles. The van der Waals surface area contributed by atoms with Gasteiger partial charge in [0.1, 0.15) is 31.1 Å². The summed E-state index contributed by atoms with van der Waals surface area (Å²) in [5.41, 5.74) is 26.3. The molecule has 15 nitrogen and oxygen atoms in total. The number of nitrogens with zero attached hydrogens (tertiary/aromatic N) is 1. The zero-order valence-corrected chi connectivity index (χ0v) is 21.7. The van der Waals surface area contributed by atoms with Gasteiger partial charge in [0, 0.05) is 19.1 Å². The molecule has 3 amide bonds. The molecule has 15 heteroatoms. The predicted molar refractivity (Wildman–Crippen MR) is 143 cm³/mol. The van der Waals surface area contributed by atoms with Gasteiger partial charge >= 0.3 is 12.2 Å². The van der Waals surface area contributed by atoms with Crippen LogP contribution in [0.4, 0.5) is 21.0 Å². The number of nitrogens with one attached hydrogen (secondary N) is 2. The normalized spacial score (nSPS) is 12.5. The molecule has 0 aliphatic rings. The summed E-state index contributed by atoms with van der Waals surface area (Å²) in [5, 5.41) is 5.56. The molecule has 2 atom stereocenters. The van der Waals surface area contributed by atoms with Crippen molar-refractivity contribution >= 4 is 29.5 Å². The van der Waals surface area contributed by atoms with Gasteiger partial charge < -0.3 is 48.8 Å². The molecule has 1 aromatic carbocycles. The summed E-state index contributed by atoms with van der Waals surface area (Å²) < 4.78 is 10.1. The molecule has 0 spiro atoms. The molecule has 0 heterocycles. The number of anilines is 2. The topological polar surface area (TPSA) is 261 Å². The monoisotopic (exact) mass is 542 g/mol. The first-order chi connectivity index (χ1) is 18.1. The Hall–Kier alpha value is -3.43. The van der Waals surface area contributed by atoms with Crippen molar-refractivity contribution in [2.75, 3.05) is 57.0 Å². The van der Waals surface area contributed by atoms with E-state index in [0.29, 0.717) is 58.2 Å². The Balaban J connectivity index is 2.54. The van der Waals surface area contributed by atoms with E-state index in [9.17, 15) is 24.0 Å². The molecular formula is C23H42N8O7. The second-order valence-corrected chi connectivity index (χ2v) is 8.95. The quantitative estimate of drug-likeness (QED) is 0.0716. The van der Waals surface area contributed by atoms with Crippen molar-refractivity contribution in [1.29, 1.82) is 0 Å². The van der Waals surface area contributed by atoms with Gasteiger partial charge in [0.2, 0.25) is 5.91 Å². The standard InChI is InChI=1S/C23H42N8O7/c24-8-2-1-7-16(14-37-22(28)35)30-17(32)12-31(11-4-3-9-25)23(36)38-13-15(26)6-5-10-29-19-18(27)20(33)21(19)34/h15-16,29H,1-14,24-27H2,(H2,28,35)(H,30,32)/t15-,16+/m0/s1. The summed E-state index contributed by atoms with van der Waals surface area (Å²) >= 11 is 0. The summed E-state index contributed by atoms with van der Waals surface area (Å²) in [6.45, 7) is 1.10. The van der Waals surface area contributed by atoms with Gasteiger partial charge in [-0.1, -0.05) is 6.42 Å². The lowest BCUT2D eigenvalue weighted by Crippen LogP contribution is -2.47. The van der Waals surface area contributed by atoms with E-state index in [1.165, 1.54) is 4.90 Å². The smallest absolute Gasteiger partial charge is 0.410 e. The fraction of sp³-hybridized carbons (Fsp3) is 0.696. The first-order valence-corrected chi connectivity index (χ1v) is 12.7. The van der Waals surface area contributed by atoms with Crippen LogP contribution in [0.5, 0.6) is 0 Å². The number of hydrogen-bond acceptors (Lipinski definition) is 12. The number of ether oxygens (including phenoxy) is 2. The van der Waals surface area contributed by atoms with Crippen LogP contribution < -0.4 is 50.2 Å². The van der Waals surface area contributed by atoms with Crippen LogP contribution in [0.15, 0.2) is 9.59 Å². The number of carbonyl (C=O) groups excluding carboxylic acids is 3. The van der Waals surface area contributed by atoms with Gasteiger partial charge in [-0.3, -0.25) is 19.3 Å². The Morgan fingerprint density at radius 3 is 2.21 bits per heavy atom. The maximum absolute atomic E-state index is 12.7. The van der Waals surface area contributed by atoms with Gasteiger partial charge in [0.15, 0.2) is 0 Å². The van der Waals surface area contributed by atoms with E-state index in [0.717, 1.165) is 6.42 Å². The van der Waals surface area contributed by atoms with Crippen LogP contribution in [-0.2, 0) is 14.3 Å². The zero-order chi connectivity index (χ0) is 28.5. The molecule has 38 heavy (non-hydrogen) atoms. The van der Waals surface area contributed by atoms with Crippen LogP contribution in [-0.4, -0.2) is 81.0 Å². The van der Waals surface area contributed by atoms with E-state index >= 15 is 0 Å². The molecule has 0 aliphatic heterocycles. The molecule has 0 aliphatic carbocycles. The van der Waals surface area contributed by atoms with Gasteiger partial charge in [-0.2, -0.15) is 0 Å². The van der Waals surface area contributed by atoms with E-state index < -0.39 is 41.0 Å². The number of nitrogen functional groups attached to an aromatic ring is 1. The Labute approximate surface area is 221 Å². The van der Waals surface area contributed by atoms with Crippen molar-refractivity contribution < 1.29 is 23.9 Å². The molecule has 1 rings (SSSR count). The number of amides is 3. The molecule has 1 aromatic rings. The van der Waals surface area contributed by atoms with Gasteiger partial charge in [-0.25, -0.2) is 9.59 Å². The van der Waals surface area contributed by atoms with Gasteiger partial charge in [-0.15, -0.1) is 0 Å². The van der Waals surface area contributed by atoms with Crippen molar-refractivity contribution in [2.45, 2.75) is 57.0 Å². The molecule has 0 saturated heterocycles. The summed E-state index contributed by atoms with van der Waals surface area (Å²) in [4.78, 5) is 60.1. The highest BCUT2D eigenvalue weighted by Gasteiger charge is 2.22. The number of nitrogens with two attached hydrogens (primary N) is 5. The van der Waals surface area contributed by atoms with Crippen molar-refractivity contribution in [2.24, 2.45) is 22.9 Å². The zero-order valence-electron chi connectivity index (χ0n) is 21.7. The van der Waals surface area contributed by atoms with E-state index in [2.05, 4.69) is 10.6 Å². The number of hydrogen-bond donors (Lipinski definition) is 7. The molecule has 0 radical (unpaired) electrons. The minimum Gasteiger partial charge on any atom is -0.448 e. The third kappa shape index (κ3) is 12.2. The summed E-state index contributed by atoms with van der Waals surface area (Å²) in [7, 11) is 0. The maximum Gasteiger partial charge on any atom is 0.410 e. The highest BCUT2D eigenvalue weighted by molar-refractivity contribution is 5.82. The largest absolute Gasteiger partial charge is 0.448 e. The second kappa shape index (κ2) is 17.9. The maximum atomic E-state index is 12.7. The fourth-order valence-corrected chi connectivity index (χ4v) is 3.56. The molecule has 0 bridgehead atoms. The van der Waals surface area contributed by atoms with E-state index in [4.69, 9.17) is 38.1 Å². The van der Waals surface area contributed by atoms with Crippen LogP contribution in [0.2, 0.25) is 0 Å². The second-order valence-electron chi connectivity index (χ2n) is 8.95. The Bertz CT molecular complexity index is 951. The number of primary amides is 1. The minimum absolute atomic E-state index is 0.0748. The Morgan fingerprint density at radius 2 is 1.58 bits per heavy atom. The average molecular weight is 543 g/mol. The average Bonchev–Trinajstić information content (AvgIpc) is 2.89. The molecular weight excluding hydrogens is 500 g/mol. The van der Waals surface area contributed by atoms with E-state index in [-0.39, 0.29) is 37.7 Å². The van der Waals surface area contributed by atoms with Crippen LogP contribution in [0.25, 0.3) is 0 Å². The van der Waals surface area contributed by atoms with Crippen molar-refractivity contribution in [3.05, 3.63) is 20.4 Å². The van der Waals surface area contributed by atoms with Crippen LogP contribution in [0, 0.1) is 0 Å². The highest BCUT2D eigenvalue weighted by Crippen LogP contribution is 2.09. The third-order valence-corrected chi connectivity index (χ3v) is 5.70. The van der Waals surface area contributed by atoms with Crippen LogP contribution in [0.1, 0.15) is 44.9 Å². The summed E-state index contributed by atoms with van der Waals surface area (Å²) in [6, 6.07) is -0.964. The lowest BCUT2D eigenvalue weighted by atomic mass is 10.1. The summed E-state index contributed by atoms with van der Waals surface area (Å²) in [6.07, 6.45) is 2.55. The van der Waals surface area contributed by atoms with Gasteiger partial charge in [-0.05, 0) is 51.6 Å². The van der Waals surface area contributed by atoms with Crippen LogP contribution >= 0.6 is 0 Å². The fourth-order valence-electron chi connectivity index (χ4n) is 3.56. The van der Waals surface area contributed by atoms with E-state index in [1.807, 2.05) is 0 Å². The predicted octanol–water partition coefficient (Wildman–Crippen LogP) is -1.73. The van der Waals surface area contributed by atoms with Crippen molar-refractivity contribution in [1.82, 2.24) is 10.2 Å². The Kier molecular flexibility index (Phi) is 15.4. The number of carbonyl (C=O) groups is 3. The van der Waals surface area contributed by atoms with Crippen molar-refractivity contribution in [3.8, 4) is 0 Å². The minimum atomic E-state index is -0.949. The molecule has 0 saturated carbocycles. The lowest BCUT2D eigenvalue weighted by Gasteiger charge is -2.24. The summed E-state index contributed by atoms with van der Waals surface area (Å²) in [5.74, 6) is -0.450. The van der Waals surface area contributed by atoms with E-state index in [1.54, 1.807) is 0 Å². The molecule has 0 fully saturated rings.